The molecule has 0 atom stereocenters. The number of aromatic nitrogens is 1. The minimum atomic E-state index is -3.35. The van der Waals surface area contributed by atoms with Crippen LogP contribution in [0.25, 0.3) is 0 Å². The summed E-state index contributed by atoms with van der Waals surface area (Å²) in [5.74, 6) is 0.111. The van der Waals surface area contributed by atoms with Crippen LogP contribution in [0.15, 0.2) is 12.1 Å². The average molecular weight is 335 g/mol. The molecule has 9 heteroatoms. The Kier molecular flexibility index (Phi) is 5.54. The number of sulfonamides is 1. The SMILES string of the molecule is CNc1cc(C(=O)NCC(C)(C)NS(C)(=O)=O)cc(Cl)n1. The Bertz CT molecular complexity index is 631. The van der Waals surface area contributed by atoms with Gasteiger partial charge in [0.05, 0.1) is 6.26 Å². The van der Waals surface area contributed by atoms with E-state index in [4.69, 9.17) is 11.6 Å². The van der Waals surface area contributed by atoms with Gasteiger partial charge in [0, 0.05) is 24.7 Å². The second-order valence-electron chi connectivity index (χ2n) is 5.25. The monoisotopic (exact) mass is 334 g/mol. The highest BCUT2D eigenvalue weighted by molar-refractivity contribution is 7.88. The second-order valence-corrected chi connectivity index (χ2v) is 7.39. The van der Waals surface area contributed by atoms with Gasteiger partial charge in [-0.3, -0.25) is 4.79 Å². The summed E-state index contributed by atoms with van der Waals surface area (Å²) in [7, 11) is -1.69. The van der Waals surface area contributed by atoms with Crippen LogP contribution in [0.5, 0.6) is 0 Å². The predicted molar refractivity (Wildman–Crippen MR) is 83.2 cm³/mol. The van der Waals surface area contributed by atoms with Crippen molar-refractivity contribution in [2.24, 2.45) is 0 Å². The van der Waals surface area contributed by atoms with Crippen molar-refractivity contribution >= 4 is 33.3 Å². The summed E-state index contributed by atoms with van der Waals surface area (Å²) in [5.41, 5.74) is -0.458. The lowest BCUT2D eigenvalue weighted by Gasteiger charge is -2.25. The van der Waals surface area contributed by atoms with E-state index in [0.29, 0.717) is 11.4 Å². The highest BCUT2D eigenvalue weighted by atomic mass is 35.5. The molecule has 1 rings (SSSR count). The average Bonchev–Trinajstić information content (AvgIpc) is 2.32. The molecule has 1 aromatic rings. The number of nitrogens with one attached hydrogen (secondary N) is 3. The number of rotatable bonds is 6. The molecular weight excluding hydrogens is 316 g/mol. The molecule has 0 bridgehead atoms. The first kappa shape index (κ1) is 17.7. The zero-order valence-electron chi connectivity index (χ0n) is 12.3. The van der Waals surface area contributed by atoms with Gasteiger partial charge in [-0.05, 0) is 26.0 Å². The van der Waals surface area contributed by atoms with Crippen LogP contribution < -0.4 is 15.4 Å². The first-order valence-electron chi connectivity index (χ1n) is 6.15. The molecule has 1 aromatic heterocycles. The summed E-state index contributed by atoms with van der Waals surface area (Å²) in [6.45, 7) is 3.48. The Morgan fingerprint density at radius 2 is 2.00 bits per heavy atom. The van der Waals surface area contributed by atoms with Gasteiger partial charge in [-0.15, -0.1) is 0 Å². The smallest absolute Gasteiger partial charge is 0.251 e. The van der Waals surface area contributed by atoms with Crippen LogP contribution in [-0.4, -0.2) is 44.7 Å². The van der Waals surface area contributed by atoms with Crippen molar-refractivity contribution in [3.05, 3.63) is 22.8 Å². The summed E-state index contributed by atoms with van der Waals surface area (Å²) in [5, 5.41) is 5.65. The van der Waals surface area contributed by atoms with Crippen molar-refractivity contribution in [1.82, 2.24) is 15.0 Å². The van der Waals surface area contributed by atoms with Gasteiger partial charge in [-0.2, -0.15) is 0 Å². The zero-order valence-corrected chi connectivity index (χ0v) is 13.9. The van der Waals surface area contributed by atoms with Gasteiger partial charge < -0.3 is 10.6 Å². The molecule has 0 aromatic carbocycles. The van der Waals surface area contributed by atoms with Crippen molar-refractivity contribution in [3.63, 3.8) is 0 Å². The molecule has 0 fully saturated rings. The molecule has 0 saturated heterocycles. The Balaban J connectivity index is 2.76. The van der Waals surface area contributed by atoms with Gasteiger partial charge in [-0.25, -0.2) is 18.1 Å². The van der Waals surface area contributed by atoms with Crippen LogP contribution in [0.4, 0.5) is 5.82 Å². The number of hydrogen-bond acceptors (Lipinski definition) is 5. The van der Waals surface area contributed by atoms with E-state index in [1.165, 1.54) is 6.07 Å². The molecular formula is C12H19ClN4O3S. The molecule has 1 heterocycles. The molecule has 7 nitrogen and oxygen atoms in total. The van der Waals surface area contributed by atoms with Gasteiger partial charge in [-0.1, -0.05) is 11.6 Å². The number of amides is 1. The number of hydrogen-bond donors (Lipinski definition) is 3. The van der Waals surface area contributed by atoms with E-state index in [9.17, 15) is 13.2 Å². The summed E-state index contributed by atoms with van der Waals surface area (Å²) in [6, 6.07) is 2.99. The molecule has 3 N–H and O–H groups in total. The maximum absolute atomic E-state index is 12.1. The predicted octanol–water partition coefficient (Wildman–Crippen LogP) is 0.834. The Hall–Kier alpha value is -1.38. The third-order valence-corrected chi connectivity index (χ3v) is 3.58. The summed E-state index contributed by atoms with van der Waals surface area (Å²) in [4.78, 5) is 16.0. The zero-order chi connectivity index (χ0) is 16.3. The fraction of sp³-hybridized carbons (Fsp3) is 0.500. The quantitative estimate of drug-likeness (QED) is 0.669. The highest BCUT2D eigenvalue weighted by Gasteiger charge is 2.23. The minimum absolute atomic E-state index is 0.133. The summed E-state index contributed by atoms with van der Waals surface area (Å²) >= 11 is 5.83. The van der Waals surface area contributed by atoms with Crippen LogP contribution in [0.1, 0.15) is 24.2 Å². The van der Waals surface area contributed by atoms with Gasteiger partial charge in [0.1, 0.15) is 11.0 Å². The Morgan fingerprint density at radius 3 is 2.52 bits per heavy atom. The molecule has 0 spiro atoms. The Labute approximate surface area is 129 Å². The maximum Gasteiger partial charge on any atom is 0.251 e. The molecule has 118 valence electrons. The van der Waals surface area contributed by atoms with Crippen molar-refractivity contribution in [2.45, 2.75) is 19.4 Å². The molecule has 0 aliphatic heterocycles. The number of carbonyl (C=O) groups excluding carboxylic acids is 1. The summed E-state index contributed by atoms with van der Waals surface area (Å²) < 4.78 is 24.9. The molecule has 1 amide bonds. The molecule has 0 aliphatic rings. The van der Waals surface area contributed by atoms with E-state index < -0.39 is 15.6 Å². The van der Waals surface area contributed by atoms with Crippen LogP contribution in [0.3, 0.4) is 0 Å². The fourth-order valence-electron chi connectivity index (χ4n) is 1.70. The van der Waals surface area contributed by atoms with Crippen LogP contribution in [0, 0.1) is 0 Å². The van der Waals surface area contributed by atoms with E-state index in [-0.39, 0.29) is 17.6 Å². The van der Waals surface area contributed by atoms with Crippen molar-refractivity contribution in [2.75, 3.05) is 25.2 Å². The van der Waals surface area contributed by atoms with Gasteiger partial charge in [0.2, 0.25) is 10.0 Å². The second kappa shape index (κ2) is 6.59. The van der Waals surface area contributed by atoms with Gasteiger partial charge in [0.25, 0.3) is 5.91 Å². The fourth-order valence-corrected chi connectivity index (χ4v) is 2.98. The van der Waals surface area contributed by atoms with Crippen LogP contribution in [0.2, 0.25) is 5.15 Å². The molecule has 0 aliphatic carbocycles. The normalized spacial score (nSPS) is 12.0. The standard InChI is InChI=1S/C12H19ClN4O3S/c1-12(2,17-21(4,19)20)7-15-11(18)8-5-9(13)16-10(6-8)14-3/h5-6,17H,7H2,1-4H3,(H,14,16)(H,15,18). The van der Waals surface area contributed by atoms with E-state index in [1.54, 1.807) is 27.0 Å². The minimum Gasteiger partial charge on any atom is -0.373 e. The van der Waals surface area contributed by atoms with Crippen molar-refractivity contribution in [3.8, 4) is 0 Å². The number of anilines is 1. The highest BCUT2D eigenvalue weighted by Crippen LogP contribution is 2.14. The first-order chi connectivity index (χ1) is 9.52. The lowest BCUT2D eigenvalue weighted by atomic mass is 10.1. The number of pyridine rings is 1. The van der Waals surface area contributed by atoms with E-state index in [0.717, 1.165) is 6.26 Å². The van der Waals surface area contributed by atoms with Gasteiger partial charge >= 0.3 is 0 Å². The molecule has 0 radical (unpaired) electrons. The maximum atomic E-state index is 12.1. The van der Waals surface area contributed by atoms with Gasteiger partial charge in [0.15, 0.2) is 0 Å². The largest absolute Gasteiger partial charge is 0.373 e. The molecule has 21 heavy (non-hydrogen) atoms. The van der Waals surface area contributed by atoms with Crippen LogP contribution in [-0.2, 0) is 10.0 Å². The van der Waals surface area contributed by atoms with Crippen molar-refractivity contribution in [1.29, 1.82) is 0 Å². The van der Waals surface area contributed by atoms with E-state index in [1.807, 2.05) is 0 Å². The number of carbonyl (C=O) groups is 1. The third kappa shape index (κ3) is 6.28. The molecule has 0 saturated carbocycles. The lowest BCUT2D eigenvalue weighted by Crippen LogP contribution is -2.51. The third-order valence-electron chi connectivity index (χ3n) is 2.46. The number of halogens is 1. The lowest BCUT2D eigenvalue weighted by molar-refractivity contribution is 0.0944. The Morgan fingerprint density at radius 1 is 1.38 bits per heavy atom. The number of nitrogens with zero attached hydrogens (tertiary/aromatic N) is 1. The van der Waals surface area contributed by atoms with Crippen LogP contribution >= 0.6 is 11.6 Å². The van der Waals surface area contributed by atoms with E-state index in [2.05, 4.69) is 20.3 Å². The molecule has 0 unspecified atom stereocenters. The topological polar surface area (TPSA) is 100 Å². The first-order valence-corrected chi connectivity index (χ1v) is 8.42. The summed E-state index contributed by atoms with van der Waals surface area (Å²) in [6.07, 6.45) is 1.07. The van der Waals surface area contributed by atoms with Crippen molar-refractivity contribution < 1.29 is 13.2 Å². The van der Waals surface area contributed by atoms with E-state index >= 15 is 0 Å².